The van der Waals surface area contributed by atoms with E-state index in [1.54, 1.807) is 0 Å². The maximum atomic E-state index is 11.9. The molecule has 1 rings (SSSR count). The van der Waals surface area contributed by atoms with Crippen molar-refractivity contribution < 1.29 is 22.7 Å². The number of ketones is 1. The summed E-state index contributed by atoms with van der Waals surface area (Å²) in [4.78, 5) is 11.2. The molecule has 1 aliphatic rings. The number of rotatable bonds is 3. The summed E-state index contributed by atoms with van der Waals surface area (Å²) in [5, 5.41) is 0. The molecule has 2 nitrogen and oxygen atoms in total. The molecular weight excluding hydrogens is 197 g/mol. The van der Waals surface area contributed by atoms with Gasteiger partial charge in [0.15, 0.2) is 5.78 Å². The molecule has 0 unspecified atom stereocenters. The Bertz CT molecular complexity index is 217. The molecule has 0 aromatic carbocycles. The van der Waals surface area contributed by atoms with Gasteiger partial charge >= 0.3 is 6.18 Å². The summed E-state index contributed by atoms with van der Waals surface area (Å²) in [6.45, 7) is -0.0335. The first-order valence-corrected chi connectivity index (χ1v) is 4.57. The van der Waals surface area contributed by atoms with Gasteiger partial charge < -0.3 is 4.74 Å². The number of halogens is 3. The van der Waals surface area contributed by atoms with Gasteiger partial charge in [-0.2, -0.15) is 13.2 Å². The van der Waals surface area contributed by atoms with Gasteiger partial charge in [0.25, 0.3) is 0 Å². The average Bonchev–Trinajstić information content (AvgIpc) is 2.48. The van der Waals surface area contributed by atoms with Crippen LogP contribution in [0.2, 0.25) is 0 Å². The van der Waals surface area contributed by atoms with Crippen LogP contribution in [0.5, 0.6) is 0 Å². The van der Waals surface area contributed by atoms with Gasteiger partial charge in [-0.05, 0) is 32.6 Å². The number of carbonyl (C=O) groups excluding carboxylic acids is 1. The van der Waals surface area contributed by atoms with Crippen molar-refractivity contribution in [3.05, 3.63) is 0 Å². The van der Waals surface area contributed by atoms with Gasteiger partial charge in [-0.25, -0.2) is 0 Å². The predicted octanol–water partition coefficient (Wildman–Crippen LogP) is 2.47. The lowest BCUT2D eigenvalue weighted by Gasteiger charge is -2.26. The van der Waals surface area contributed by atoms with Gasteiger partial charge in [0.05, 0.1) is 0 Å². The molecule has 0 atom stereocenters. The second-order valence-corrected chi connectivity index (χ2v) is 3.66. The zero-order valence-electron chi connectivity index (χ0n) is 7.99. The van der Waals surface area contributed by atoms with Crippen molar-refractivity contribution >= 4 is 5.78 Å². The fraction of sp³-hybridized carbons (Fsp3) is 0.889. The molecular formula is C9H13F3O2. The van der Waals surface area contributed by atoms with Crippen LogP contribution in [0.3, 0.4) is 0 Å². The summed E-state index contributed by atoms with van der Waals surface area (Å²) in [6, 6.07) is 0. The lowest BCUT2D eigenvalue weighted by atomic mass is 9.97. The van der Waals surface area contributed by atoms with E-state index in [1.165, 1.54) is 6.92 Å². The molecule has 0 N–H and O–H groups in total. The molecule has 0 saturated heterocycles. The van der Waals surface area contributed by atoms with Crippen LogP contribution in [0.15, 0.2) is 0 Å². The quantitative estimate of drug-likeness (QED) is 0.715. The van der Waals surface area contributed by atoms with Crippen LogP contribution >= 0.6 is 0 Å². The minimum absolute atomic E-state index is 0.292. The van der Waals surface area contributed by atoms with E-state index in [-0.39, 0.29) is 5.78 Å². The molecule has 5 heteroatoms. The number of hydrogen-bond donors (Lipinski definition) is 0. The van der Waals surface area contributed by atoms with Crippen LogP contribution in [0.25, 0.3) is 0 Å². The van der Waals surface area contributed by atoms with Crippen molar-refractivity contribution in [2.75, 3.05) is 6.61 Å². The van der Waals surface area contributed by atoms with Crippen LogP contribution in [0.4, 0.5) is 13.2 Å². The van der Waals surface area contributed by atoms with Gasteiger partial charge in [-0.15, -0.1) is 0 Å². The first kappa shape index (κ1) is 11.5. The monoisotopic (exact) mass is 210 g/mol. The van der Waals surface area contributed by atoms with Crippen molar-refractivity contribution in [3.8, 4) is 0 Å². The molecule has 0 aromatic heterocycles. The molecule has 0 amide bonds. The summed E-state index contributed by atoms with van der Waals surface area (Å²) in [5.41, 5.74) is -1.16. The van der Waals surface area contributed by atoms with Gasteiger partial charge in [0.2, 0.25) is 0 Å². The van der Waals surface area contributed by atoms with E-state index in [0.717, 1.165) is 12.8 Å². The Balaban J connectivity index is 2.57. The van der Waals surface area contributed by atoms with Crippen molar-refractivity contribution in [2.24, 2.45) is 0 Å². The lowest BCUT2D eigenvalue weighted by molar-refractivity contribution is -0.204. The lowest BCUT2D eigenvalue weighted by Crippen LogP contribution is -2.40. The molecule has 0 heterocycles. The first-order valence-electron chi connectivity index (χ1n) is 4.57. The summed E-state index contributed by atoms with van der Waals surface area (Å²) in [5.74, 6) is -0.292. The molecule has 1 aliphatic carbocycles. The average molecular weight is 210 g/mol. The SMILES string of the molecule is CC(=O)C1(OCC(F)(F)F)CCCC1. The van der Waals surface area contributed by atoms with Crippen LogP contribution in [-0.2, 0) is 9.53 Å². The van der Waals surface area contributed by atoms with Crippen molar-refractivity contribution in [2.45, 2.75) is 44.4 Å². The Morgan fingerprint density at radius 2 is 1.86 bits per heavy atom. The Hall–Kier alpha value is -0.580. The van der Waals surface area contributed by atoms with Gasteiger partial charge in [-0.3, -0.25) is 4.79 Å². The third-order valence-electron chi connectivity index (χ3n) is 2.56. The predicted molar refractivity (Wildman–Crippen MR) is 43.9 cm³/mol. The fourth-order valence-corrected chi connectivity index (χ4v) is 1.76. The number of Topliss-reactive ketones (excluding diaryl/α,β-unsaturated/α-hetero) is 1. The van der Waals surface area contributed by atoms with Gasteiger partial charge in [0, 0.05) is 0 Å². The maximum absolute atomic E-state index is 11.9. The van der Waals surface area contributed by atoms with Crippen molar-refractivity contribution in [1.82, 2.24) is 0 Å². The molecule has 14 heavy (non-hydrogen) atoms. The van der Waals surface area contributed by atoms with E-state index in [0.29, 0.717) is 12.8 Å². The summed E-state index contributed by atoms with van der Waals surface area (Å²) < 4.78 is 40.5. The van der Waals surface area contributed by atoms with Gasteiger partial charge in [-0.1, -0.05) is 0 Å². The molecule has 82 valence electrons. The van der Waals surface area contributed by atoms with E-state index in [2.05, 4.69) is 0 Å². The maximum Gasteiger partial charge on any atom is 0.411 e. The molecule has 1 fully saturated rings. The summed E-state index contributed by atoms with van der Waals surface area (Å²) in [7, 11) is 0. The summed E-state index contributed by atoms with van der Waals surface area (Å²) in [6.07, 6.45) is -2.00. The Labute approximate surface area is 80.4 Å². The highest BCUT2D eigenvalue weighted by atomic mass is 19.4. The second-order valence-electron chi connectivity index (χ2n) is 3.66. The third kappa shape index (κ3) is 2.70. The normalized spacial score (nSPS) is 21.1. The smallest absolute Gasteiger partial charge is 0.358 e. The highest BCUT2D eigenvalue weighted by Gasteiger charge is 2.42. The van der Waals surface area contributed by atoms with Gasteiger partial charge in [0.1, 0.15) is 12.2 Å². The van der Waals surface area contributed by atoms with E-state index in [4.69, 9.17) is 4.74 Å². The van der Waals surface area contributed by atoms with Crippen molar-refractivity contribution in [3.63, 3.8) is 0 Å². The molecule has 0 aliphatic heterocycles. The number of alkyl halides is 3. The second kappa shape index (κ2) is 3.88. The van der Waals surface area contributed by atoms with E-state index >= 15 is 0 Å². The molecule has 0 radical (unpaired) electrons. The zero-order chi connectivity index (χ0) is 10.8. The summed E-state index contributed by atoms with van der Waals surface area (Å²) >= 11 is 0. The Kier molecular flexibility index (Phi) is 3.19. The minimum atomic E-state index is -4.36. The highest BCUT2D eigenvalue weighted by Crippen LogP contribution is 2.35. The van der Waals surface area contributed by atoms with Crippen molar-refractivity contribution in [1.29, 1.82) is 0 Å². The van der Waals surface area contributed by atoms with Crippen LogP contribution in [0, 0.1) is 0 Å². The van der Waals surface area contributed by atoms with Crippen LogP contribution in [0.1, 0.15) is 32.6 Å². The van der Waals surface area contributed by atoms with Crippen LogP contribution < -0.4 is 0 Å². The molecule has 1 saturated carbocycles. The Morgan fingerprint density at radius 3 is 2.21 bits per heavy atom. The topological polar surface area (TPSA) is 26.3 Å². The Morgan fingerprint density at radius 1 is 1.36 bits per heavy atom. The highest BCUT2D eigenvalue weighted by molar-refractivity contribution is 5.85. The zero-order valence-corrected chi connectivity index (χ0v) is 7.99. The molecule has 0 bridgehead atoms. The molecule has 0 spiro atoms. The fourth-order valence-electron chi connectivity index (χ4n) is 1.76. The first-order chi connectivity index (χ1) is 6.36. The van der Waals surface area contributed by atoms with Crippen LogP contribution in [-0.4, -0.2) is 24.2 Å². The minimum Gasteiger partial charge on any atom is -0.358 e. The van der Waals surface area contributed by atoms with E-state index in [9.17, 15) is 18.0 Å². The van der Waals surface area contributed by atoms with E-state index < -0.39 is 18.4 Å². The number of ether oxygens (including phenoxy) is 1. The third-order valence-corrected chi connectivity index (χ3v) is 2.56. The standard InChI is InChI=1S/C9H13F3O2/c1-7(13)8(4-2-3-5-8)14-6-9(10,11)12/h2-6H2,1H3. The number of hydrogen-bond acceptors (Lipinski definition) is 2. The largest absolute Gasteiger partial charge is 0.411 e. The van der Waals surface area contributed by atoms with E-state index in [1.807, 2.05) is 0 Å². The molecule has 0 aromatic rings. The number of carbonyl (C=O) groups is 1.